The third-order valence-electron chi connectivity index (χ3n) is 3.51. The van der Waals surface area contributed by atoms with Gasteiger partial charge in [-0.05, 0) is 32.7 Å². The SMILES string of the molecule is Cc1ncc(CN(C)CC2CCCCC2O)s1. The van der Waals surface area contributed by atoms with E-state index in [-0.39, 0.29) is 6.10 Å². The zero-order valence-corrected chi connectivity index (χ0v) is 11.5. The van der Waals surface area contributed by atoms with Crippen molar-refractivity contribution in [2.24, 2.45) is 5.92 Å². The van der Waals surface area contributed by atoms with Gasteiger partial charge < -0.3 is 10.0 Å². The van der Waals surface area contributed by atoms with Crippen LogP contribution in [0.5, 0.6) is 0 Å². The van der Waals surface area contributed by atoms with Crippen molar-refractivity contribution >= 4 is 11.3 Å². The number of rotatable bonds is 4. The zero-order valence-electron chi connectivity index (χ0n) is 10.7. The zero-order chi connectivity index (χ0) is 12.3. The lowest BCUT2D eigenvalue weighted by atomic mass is 9.86. The van der Waals surface area contributed by atoms with Gasteiger partial charge in [-0.25, -0.2) is 4.98 Å². The molecular formula is C13H22N2OS. The number of aliphatic hydroxyl groups excluding tert-OH is 1. The molecule has 0 spiro atoms. The van der Waals surface area contributed by atoms with Gasteiger partial charge in [-0.1, -0.05) is 12.8 Å². The maximum absolute atomic E-state index is 9.95. The Balaban J connectivity index is 1.82. The van der Waals surface area contributed by atoms with E-state index in [0.717, 1.165) is 24.5 Å². The van der Waals surface area contributed by atoms with Crippen molar-refractivity contribution in [3.63, 3.8) is 0 Å². The fourth-order valence-electron chi connectivity index (χ4n) is 2.61. The van der Waals surface area contributed by atoms with Gasteiger partial charge in [0, 0.05) is 24.2 Å². The largest absolute Gasteiger partial charge is 0.393 e. The second kappa shape index (κ2) is 5.94. The van der Waals surface area contributed by atoms with E-state index in [0.29, 0.717) is 5.92 Å². The summed E-state index contributed by atoms with van der Waals surface area (Å²) in [5.41, 5.74) is 0. The Kier molecular flexibility index (Phi) is 4.54. The van der Waals surface area contributed by atoms with Crippen LogP contribution in [-0.2, 0) is 6.54 Å². The van der Waals surface area contributed by atoms with Crippen molar-refractivity contribution in [3.8, 4) is 0 Å². The summed E-state index contributed by atoms with van der Waals surface area (Å²) in [5.74, 6) is 0.461. The third kappa shape index (κ3) is 3.76. The summed E-state index contributed by atoms with van der Waals surface area (Å²) in [6.45, 7) is 3.99. The highest BCUT2D eigenvalue weighted by Crippen LogP contribution is 2.25. The van der Waals surface area contributed by atoms with Gasteiger partial charge >= 0.3 is 0 Å². The lowest BCUT2D eigenvalue weighted by molar-refractivity contribution is 0.0503. The molecule has 0 aromatic carbocycles. The first-order valence-electron chi connectivity index (χ1n) is 6.43. The second-order valence-electron chi connectivity index (χ2n) is 5.15. The average Bonchev–Trinajstić information content (AvgIpc) is 2.67. The lowest BCUT2D eigenvalue weighted by Crippen LogP contribution is -2.34. The average molecular weight is 254 g/mol. The van der Waals surface area contributed by atoms with Crippen molar-refractivity contribution in [1.82, 2.24) is 9.88 Å². The molecule has 2 rings (SSSR count). The molecule has 96 valence electrons. The summed E-state index contributed by atoms with van der Waals surface area (Å²) < 4.78 is 0. The van der Waals surface area contributed by atoms with Crippen molar-refractivity contribution in [3.05, 3.63) is 16.1 Å². The van der Waals surface area contributed by atoms with Crippen molar-refractivity contribution in [2.75, 3.05) is 13.6 Å². The van der Waals surface area contributed by atoms with Crippen molar-refractivity contribution in [2.45, 2.75) is 45.3 Å². The van der Waals surface area contributed by atoms with E-state index in [1.807, 2.05) is 13.1 Å². The van der Waals surface area contributed by atoms with Crippen LogP contribution >= 0.6 is 11.3 Å². The van der Waals surface area contributed by atoms with Crippen molar-refractivity contribution in [1.29, 1.82) is 0 Å². The molecule has 1 aromatic rings. The molecule has 1 fully saturated rings. The maximum atomic E-state index is 9.95. The summed E-state index contributed by atoms with van der Waals surface area (Å²) in [6, 6.07) is 0. The van der Waals surface area contributed by atoms with E-state index in [1.54, 1.807) is 11.3 Å². The first-order chi connectivity index (χ1) is 8.15. The summed E-state index contributed by atoms with van der Waals surface area (Å²) >= 11 is 1.76. The molecule has 1 aliphatic rings. The number of hydrogen-bond donors (Lipinski definition) is 1. The molecule has 2 unspecified atom stereocenters. The lowest BCUT2D eigenvalue weighted by Gasteiger charge is -2.31. The van der Waals surface area contributed by atoms with Crippen LogP contribution in [0.15, 0.2) is 6.20 Å². The van der Waals surface area contributed by atoms with Gasteiger partial charge in [-0.3, -0.25) is 0 Å². The van der Waals surface area contributed by atoms with Crippen LogP contribution in [-0.4, -0.2) is 34.7 Å². The van der Waals surface area contributed by atoms with Crippen LogP contribution in [0.25, 0.3) is 0 Å². The highest BCUT2D eigenvalue weighted by Gasteiger charge is 2.24. The molecule has 0 saturated heterocycles. The summed E-state index contributed by atoms with van der Waals surface area (Å²) in [5, 5.41) is 11.1. The normalized spacial score (nSPS) is 25.4. The van der Waals surface area contributed by atoms with Crippen LogP contribution in [0.2, 0.25) is 0 Å². The fraction of sp³-hybridized carbons (Fsp3) is 0.769. The monoisotopic (exact) mass is 254 g/mol. The smallest absolute Gasteiger partial charge is 0.0897 e. The van der Waals surface area contributed by atoms with E-state index < -0.39 is 0 Å². The number of thiazole rings is 1. The Morgan fingerprint density at radius 1 is 1.47 bits per heavy atom. The molecule has 1 aromatic heterocycles. The molecular weight excluding hydrogens is 232 g/mol. The number of aliphatic hydroxyl groups is 1. The first kappa shape index (κ1) is 13.0. The van der Waals surface area contributed by atoms with Gasteiger partial charge in [0.25, 0.3) is 0 Å². The fourth-order valence-corrected chi connectivity index (χ4v) is 3.49. The van der Waals surface area contributed by atoms with E-state index in [4.69, 9.17) is 0 Å². The third-order valence-corrected chi connectivity index (χ3v) is 4.41. The molecule has 3 nitrogen and oxygen atoms in total. The number of hydrogen-bond acceptors (Lipinski definition) is 4. The van der Waals surface area contributed by atoms with Crippen LogP contribution in [0, 0.1) is 12.8 Å². The molecule has 0 aliphatic heterocycles. The minimum absolute atomic E-state index is 0.0885. The van der Waals surface area contributed by atoms with Crippen LogP contribution in [0.4, 0.5) is 0 Å². The van der Waals surface area contributed by atoms with Crippen LogP contribution in [0.3, 0.4) is 0 Å². The predicted molar refractivity (Wildman–Crippen MR) is 71.1 cm³/mol. The number of aromatic nitrogens is 1. The van der Waals surface area contributed by atoms with E-state index in [2.05, 4.69) is 16.9 Å². The topological polar surface area (TPSA) is 36.4 Å². The Morgan fingerprint density at radius 2 is 2.24 bits per heavy atom. The van der Waals surface area contributed by atoms with Gasteiger partial charge in [0.15, 0.2) is 0 Å². The van der Waals surface area contributed by atoms with Crippen LogP contribution < -0.4 is 0 Å². The molecule has 0 bridgehead atoms. The minimum atomic E-state index is -0.0885. The summed E-state index contributed by atoms with van der Waals surface area (Å²) in [6.07, 6.45) is 6.50. The Hall–Kier alpha value is -0.450. The highest BCUT2D eigenvalue weighted by molar-refractivity contribution is 7.11. The standard InChI is InChI=1S/C13H22N2OS/c1-10-14-7-12(17-10)9-15(2)8-11-5-3-4-6-13(11)16/h7,11,13,16H,3-6,8-9H2,1-2H3. The summed E-state index contributed by atoms with van der Waals surface area (Å²) in [7, 11) is 2.14. The van der Waals surface area contributed by atoms with Gasteiger partial charge in [-0.15, -0.1) is 11.3 Å². The second-order valence-corrected chi connectivity index (χ2v) is 6.47. The Bertz CT molecular complexity index is 353. The Labute approximate surface area is 107 Å². The first-order valence-corrected chi connectivity index (χ1v) is 7.24. The predicted octanol–water partition coefficient (Wildman–Crippen LogP) is 2.43. The van der Waals surface area contributed by atoms with Crippen molar-refractivity contribution < 1.29 is 5.11 Å². The van der Waals surface area contributed by atoms with Gasteiger partial charge in [0.2, 0.25) is 0 Å². The quantitative estimate of drug-likeness (QED) is 0.896. The maximum Gasteiger partial charge on any atom is 0.0897 e. The number of nitrogens with zero attached hydrogens (tertiary/aromatic N) is 2. The molecule has 1 N–H and O–H groups in total. The van der Waals surface area contributed by atoms with E-state index in [1.165, 1.54) is 24.1 Å². The molecule has 0 radical (unpaired) electrons. The van der Waals surface area contributed by atoms with E-state index in [9.17, 15) is 5.11 Å². The summed E-state index contributed by atoms with van der Waals surface area (Å²) in [4.78, 5) is 7.90. The molecule has 0 amide bonds. The van der Waals surface area contributed by atoms with Gasteiger partial charge in [-0.2, -0.15) is 0 Å². The Morgan fingerprint density at radius 3 is 2.88 bits per heavy atom. The van der Waals surface area contributed by atoms with Gasteiger partial charge in [0.05, 0.1) is 11.1 Å². The molecule has 17 heavy (non-hydrogen) atoms. The number of aryl methyl sites for hydroxylation is 1. The molecule has 1 saturated carbocycles. The van der Waals surface area contributed by atoms with Gasteiger partial charge in [0.1, 0.15) is 0 Å². The molecule has 1 heterocycles. The molecule has 4 heteroatoms. The van der Waals surface area contributed by atoms with E-state index >= 15 is 0 Å². The molecule has 1 aliphatic carbocycles. The highest BCUT2D eigenvalue weighted by atomic mass is 32.1. The van der Waals surface area contributed by atoms with Crippen LogP contribution in [0.1, 0.15) is 35.6 Å². The molecule has 2 atom stereocenters. The minimum Gasteiger partial charge on any atom is -0.393 e.